The number of fused-ring (bicyclic) bond motifs is 4. The Labute approximate surface area is 169 Å². The summed E-state index contributed by atoms with van der Waals surface area (Å²) in [5.41, 5.74) is 1.88. The highest BCUT2D eigenvalue weighted by atomic mass is 16.8. The summed E-state index contributed by atoms with van der Waals surface area (Å²) >= 11 is 0. The van der Waals surface area contributed by atoms with E-state index >= 15 is 0 Å². The van der Waals surface area contributed by atoms with Gasteiger partial charge in [0, 0.05) is 6.92 Å². The maximum atomic E-state index is 12.7. The average molecular weight is 406 g/mol. The molecular formula is C21H26O8. The lowest BCUT2D eigenvalue weighted by Gasteiger charge is -2.32. The highest BCUT2D eigenvalue weighted by Gasteiger charge is 2.59. The van der Waals surface area contributed by atoms with Crippen LogP contribution < -0.4 is 0 Å². The molecule has 3 heterocycles. The molecule has 0 N–H and O–H groups in total. The van der Waals surface area contributed by atoms with Gasteiger partial charge in [-0.25, -0.2) is 0 Å². The van der Waals surface area contributed by atoms with Gasteiger partial charge in [-0.1, -0.05) is 24.3 Å². The third-order valence-electron chi connectivity index (χ3n) is 5.54. The number of esters is 2. The fourth-order valence-corrected chi connectivity index (χ4v) is 4.33. The third kappa shape index (κ3) is 3.90. The molecule has 2 saturated heterocycles. The highest BCUT2D eigenvalue weighted by molar-refractivity contribution is 5.75. The lowest BCUT2D eigenvalue weighted by Crippen LogP contribution is -2.49. The first kappa shape index (κ1) is 20.3. The largest absolute Gasteiger partial charge is 0.469 e. The van der Waals surface area contributed by atoms with E-state index in [0.717, 1.165) is 11.1 Å². The number of carbonyl (C=O) groups is 2. The van der Waals surface area contributed by atoms with Crippen molar-refractivity contribution in [1.29, 1.82) is 0 Å². The Hall–Kier alpha value is -2.00. The minimum absolute atomic E-state index is 0.314. The van der Waals surface area contributed by atoms with Gasteiger partial charge in [0.2, 0.25) is 0 Å². The Balaban J connectivity index is 1.75. The van der Waals surface area contributed by atoms with Crippen molar-refractivity contribution in [2.75, 3.05) is 7.11 Å². The molecule has 3 aliphatic rings. The topological polar surface area (TPSA) is 89.5 Å². The van der Waals surface area contributed by atoms with E-state index in [1.165, 1.54) is 14.0 Å². The Kier molecular flexibility index (Phi) is 5.37. The summed E-state index contributed by atoms with van der Waals surface area (Å²) in [5.74, 6) is -2.57. The number of carbonyl (C=O) groups excluding carboxylic acids is 2. The van der Waals surface area contributed by atoms with Crippen LogP contribution in [0.1, 0.15) is 31.9 Å². The molecule has 0 radical (unpaired) electrons. The van der Waals surface area contributed by atoms with Crippen molar-refractivity contribution < 1.29 is 38.0 Å². The zero-order chi connectivity index (χ0) is 20.8. The van der Waals surface area contributed by atoms with E-state index in [0.29, 0.717) is 13.0 Å². The summed E-state index contributed by atoms with van der Waals surface area (Å²) in [7, 11) is 1.32. The quantitative estimate of drug-likeness (QED) is 0.686. The first-order valence-corrected chi connectivity index (χ1v) is 9.73. The van der Waals surface area contributed by atoms with E-state index in [9.17, 15) is 9.59 Å². The molecule has 0 spiro atoms. The molecule has 0 aliphatic carbocycles. The van der Waals surface area contributed by atoms with Crippen molar-refractivity contribution in [3.8, 4) is 0 Å². The molecule has 1 aromatic rings. The van der Waals surface area contributed by atoms with Crippen molar-refractivity contribution in [2.45, 2.75) is 70.3 Å². The minimum atomic E-state index is -0.906. The van der Waals surface area contributed by atoms with Gasteiger partial charge in [-0.15, -0.1) is 0 Å². The van der Waals surface area contributed by atoms with Gasteiger partial charge in [-0.2, -0.15) is 0 Å². The van der Waals surface area contributed by atoms with Crippen molar-refractivity contribution in [2.24, 2.45) is 5.92 Å². The van der Waals surface area contributed by atoms with Crippen LogP contribution >= 0.6 is 0 Å². The molecule has 158 valence electrons. The predicted octanol–water partition coefficient (Wildman–Crippen LogP) is 1.73. The first-order valence-electron chi connectivity index (χ1n) is 9.73. The summed E-state index contributed by atoms with van der Waals surface area (Å²) in [6.07, 6.45) is -3.06. The van der Waals surface area contributed by atoms with Gasteiger partial charge in [0.1, 0.15) is 30.3 Å². The van der Waals surface area contributed by atoms with E-state index in [-0.39, 0.29) is 0 Å². The molecule has 0 amide bonds. The van der Waals surface area contributed by atoms with Crippen LogP contribution in [-0.4, -0.2) is 55.5 Å². The number of hydrogen-bond donors (Lipinski definition) is 0. The van der Waals surface area contributed by atoms with Gasteiger partial charge in [0.25, 0.3) is 0 Å². The molecule has 2 fully saturated rings. The van der Waals surface area contributed by atoms with Gasteiger partial charge >= 0.3 is 11.9 Å². The van der Waals surface area contributed by atoms with Crippen LogP contribution in [0.25, 0.3) is 0 Å². The second-order valence-electron chi connectivity index (χ2n) is 8.02. The summed E-state index contributed by atoms with van der Waals surface area (Å²) in [6, 6.07) is 7.70. The molecule has 3 aliphatic heterocycles. The maximum Gasteiger partial charge on any atom is 0.312 e. The first-order chi connectivity index (χ1) is 13.8. The van der Waals surface area contributed by atoms with E-state index < -0.39 is 54.3 Å². The van der Waals surface area contributed by atoms with Crippen LogP contribution in [0, 0.1) is 5.92 Å². The van der Waals surface area contributed by atoms with E-state index in [2.05, 4.69) is 0 Å². The molecule has 0 saturated carbocycles. The van der Waals surface area contributed by atoms with Crippen molar-refractivity contribution >= 4 is 11.9 Å². The Morgan fingerprint density at radius 2 is 1.79 bits per heavy atom. The van der Waals surface area contributed by atoms with Gasteiger partial charge in [-0.05, 0) is 31.4 Å². The van der Waals surface area contributed by atoms with Crippen LogP contribution in [0.5, 0.6) is 0 Å². The zero-order valence-electron chi connectivity index (χ0n) is 17.0. The fraction of sp³-hybridized carbons (Fsp3) is 0.619. The molecule has 1 aromatic carbocycles. The van der Waals surface area contributed by atoms with Crippen LogP contribution in [0.4, 0.5) is 0 Å². The van der Waals surface area contributed by atoms with Gasteiger partial charge in [0.05, 0.1) is 13.7 Å². The molecule has 0 aromatic heterocycles. The number of benzene rings is 1. The van der Waals surface area contributed by atoms with Crippen molar-refractivity contribution in [3.63, 3.8) is 0 Å². The molecule has 0 unspecified atom stereocenters. The lowest BCUT2D eigenvalue weighted by molar-refractivity contribution is -0.237. The van der Waals surface area contributed by atoms with Gasteiger partial charge in [0.15, 0.2) is 12.1 Å². The monoisotopic (exact) mass is 406 g/mol. The molecule has 0 bridgehead atoms. The molecule has 8 heteroatoms. The lowest BCUT2D eigenvalue weighted by atomic mass is 9.88. The van der Waals surface area contributed by atoms with Crippen LogP contribution in [0.15, 0.2) is 24.3 Å². The van der Waals surface area contributed by atoms with Gasteiger partial charge < -0.3 is 28.4 Å². The summed E-state index contributed by atoms with van der Waals surface area (Å²) in [5, 5.41) is 0. The maximum absolute atomic E-state index is 12.7. The second kappa shape index (κ2) is 7.68. The van der Waals surface area contributed by atoms with E-state index in [1.807, 2.05) is 24.3 Å². The Bertz CT molecular complexity index is 791. The van der Waals surface area contributed by atoms with Gasteiger partial charge in [-0.3, -0.25) is 9.59 Å². The summed E-state index contributed by atoms with van der Waals surface area (Å²) in [4.78, 5) is 24.6. The van der Waals surface area contributed by atoms with E-state index in [1.54, 1.807) is 13.8 Å². The van der Waals surface area contributed by atoms with Crippen LogP contribution in [-0.2, 0) is 51.0 Å². The molecular weight excluding hydrogens is 380 g/mol. The number of ether oxygens (including phenoxy) is 6. The molecule has 8 nitrogen and oxygen atoms in total. The normalized spacial score (nSPS) is 35.3. The standard InChI is InChI=1S/C21H26O8/c1-11(22)26-15-14(19(23)24-4)9-12-7-5-6-8-13(12)10-25-16-17(15)27-20-18(16)28-21(2,3)29-20/h5-8,14-18,20H,9-10H2,1-4H3/t14-,15-,16+,17-,18-,20-/m1/s1. The third-order valence-corrected chi connectivity index (χ3v) is 5.54. The second-order valence-corrected chi connectivity index (χ2v) is 8.02. The molecule has 29 heavy (non-hydrogen) atoms. The summed E-state index contributed by atoms with van der Waals surface area (Å²) < 4.78 is 34.8. The highest BCUT2D eigenvalue weighted by Crippen LogP contribution is 2.42. The Morgan fingerprint density at radius 3 is 2.48 bits per heavy atom. The number of rotatable bonds is 2. The van der Waals surface area contributed by atoms with E-state index in [4.69, 9.17) is 28.4 Å². The number of hydrogen-bond acceptors (Lipinski definition) is 8. The van der Waals surface area contributed by atoms with Crippen molar-refractivity contribution in [3.05, 3.63) is 35.4 Å². The number of methoxy groups -OCH3 is 1. The fourth-order valence-electron chi connectivity index (χ4n) is 4.33. The molecule has 4 rings (SSSR count). The Morgan fingerprint density at radius 1 is 1.07 bits per heavy atom. The van der Waals surface area contributed by atoms with Crippen LogP contribution in [0.3, 0.4) is 0 Å². The average Bonchev–Trinajstić information content (AvgIpc) is 3.15. The zero-order valence-corrected chi connectivity index (χ0v) is 17.0. The summed E-state index contributed by atoms with van der Waals surface area (Å²) in [6.45, 7) is 5.22. The minimum Gasteiger partial charge on any atom is -0.469 e. The SMILES string of the molecule is COC(=O)[C@@H]1Cc2ccccc2CO[C@H]2[C@H](O[C@@H]3OC(C)(C)O[C@@H]32)[C@@H]1OC(C)=O. The van der Waals surface area contributed by atoms with Crippen molar-refractivity contribution in [1.82, 2.24) is 0 Å². The smallest absolute Gasteiger partial charge is 0.312 e. The van der Waals surface area contributed by atoms with Crippen LogP contribution in [0.2, 0.25) is 0 Å². The molecule has 6 atom stereocenters. The predicted molar refractivity (Wildman–Crippen MR) is 98.5 cm³/mol.